The van der Waals surface area contributed by atoms with Gasteiger partial charge in [0, 0.05) is 36.3 Å². The van der Waals surface area contributed by atoms with Crippen LogP contribution in [0.2, 0.25) is 5.02 Å². The predicted octanol–water partition coefficient (Wildman–Crippen LogP) is 3.82. The number of esters is 1. The molecule has 0 fully saturated rings. The zero-order chi connectivity index (χ0) is 20.0. The van der Waals surface area contributed by atoms with Crippen LogP contribution in [0.15, 0.2) is 42.5 Å². The number of carbonyl (C=O) groups is 3. The molecule has 0 radical (unpaired) electrons. The van der Waals surface area contributed by atoms with Gasteiger partial charge in [-0.3, -0.25) is 9.59 Å². The first-order chi connectivity index (χ1) is 12.8. The quantitative estimate of drug-likeness (QED) is 0.763. The summed E-state index contributed by atoms with van der Waals surface area (Å²) in [5.74, 6) is -0.970. The summed E-state index contributed by atoms with van der Waals surface area (Å²) in [7, 11) is 1.29. The summed E-state index contributed by atoms with van der Waals surface area (Å²) in [5.41, 5.74) is 2.37. The van der Waals surface area contributed by atoms with Crippen molar-refractivity contribution in [3.8, 4) is 0 Å². The fourth-order valence-corrected chi connectivity index (χ4v) is 2.67. The lowest BCUT2D eigenvalue weighted by molar-refractivity contribution is -0.117. The van der Waals surface area contributed by atoms with Crippen LogP contribution in [-0.4, -0.2) is 31.4 Å². The van der Waals surface area contributed by atoms with E-state index in [2.05, 4.69) is 5.32 Å². The number of hydrogen-bond donors (Lipinski definition) is 1. The van der Waals surface area contributed by atoms with E-state index in [1.165, 1.54) is 18.9 Å². The maximum atomic E-state index is 12.2. The third-order valence-electron chi connectivity index (χ3n) is 3.98. The minimum absolute atomic E-state index is 0.0908. The van der Waals surface area contributed by atoms with Gasteiger partial charge in [0.1, 0.15) is 0 Å². The molecule has 142 valence electrons. The second-order valence-corrected chi connectivity index (χ2v) is 6.38. The minimum atomic E-state index is -0.491. The average molecular weight is 389 g/mol. The summed E-state index contributed by atoms with van der Waals surface area (Å²) in [6.45, 7) is 3.45. The Labute approximate surface area is 163 Å². The van der Waals surface area contributed by atoms with E-state index in [0.717, 1.165) is 5.56 Å². The molecule has 0 unspecified atom stereocenters. The highest BCUT2D eigenvalue weighted by molar-refractivity contribution is 6.31. The van der Waals surface area contributed by atoms with Crippen LogP contribution in [0.3, 0.4) is 0 Å². The van der Waals surface area contributed by atoms with Gasteiger partial charge in [0.2, 0.25) is 11.8 Å². The first-order valence-corrected chi connectivity index (χ1v) is 8.72. The number of nitrogens with one attached hydrogen (secondary N) is 1. The normalized spacial score (nSPS) is 10.2. The van der Waals surface area contributed by atoms with Crippen LogP contribution >= 0.6 is 11.6 Å². The van der Waals surface area contributed by atoms with E-state index in [1.807, 2.05) is 13.0 Å². The van der Waals surface area contributed by atoms with Crippen molar-refractivity contribution in [1.29, 1.82) is 0 Å². The minimum Gasteiger partial charge on any atom is -0.465 e. The van der Waals surface area contributed by atoms with Crippen molar-refractivity contribution in [3.63, 3.8) is 0 Å². The monoisotopic (exact) mass is 388 g/mol. The van der Waals surface area contributed by atoms with E-state index in [0.29, 0.717) is 22.0 Å². The summed E-state index contributed by atoms with van der Waals surface area (Å²) < 4.78 is 4.70. The average Bonchev–Trinajstić information content (AvgIpc) is 2.64. The predicted molar refractivity (Wildman–Crippen MR) is 105 cm³/mol. The topological polar surface area (TPSA) is 75.7 Å². The van der Waals surface area contributed by atoms with Crippen molar-refractivity contribution in [3.05, 3.63) is 58.6 Å². The number of ether oxygens (including phenoxy) is 1. The van der Waals surface area contributed by atoms with Gasteiger partial charge in [-0.2, -0.15) is 0 Å². The molecule has 0 heterocycles. The van der Waals surface area contributed by atoms with E-state index < -0.39 is 5.97 Å². The molecule has 0 aromatic heterocycles. The molecule has 2 rings (SSSR count). The third kappa shape index (κ3) is 5.56. The summed E-state index contributed by atoms with van der Waals surface area (Å²) in [6, 6.07) is 11.8. The fourth-order valence-electron chi connectivity index (χ4n) is 2.49. The zero-order valence-corrected chi connectivity index (χ0v) is 16.2. The second-order valence-electron chi connectivity index (χ2n) is 5.97. The standard InChI is InChI=1S/C20H21ClN2O4/c1-13-7-8-16(12-18(13)21)22-19(25)9-10-23(14(2)24)17-6-4-5-15(11-17)20(26)27-3/h4-8,11-12H,9-10H2,1-3H3,(H,22,25). The Balaban J connectivity index is 2.06. The molecule has 0 saturated heterocycles. The highest BCUT2D eigenvalue weighted by atomic mass is 35.5. The number of amides is 2. The van der Waals surface area contributed by atoms with Gasteiger partial charge in [0.15, 0.2) is 0 Å². The Kier molecular flexibility index (Phi) is 6.96. The van der Waals surface area contributed by atoms with E-state index in [9.17, 15) is 14.4 Å². The lowest BCUT2D eigenvalue weighted by Gasteiger charge is -2.21. The molecule has 27 heavy (non-hydrogen) atoms. The lowest BCUT2D eigenvalue weighted by Crippen LogP contribution is -2.32. The number of rotatable bonds is 6. The maximum absolute atomic E-state index is 12.2. The molecule has 0 bridgehead atoms. The number of hydrogen-bond acceptors (Lipinski definition) is 4. The van der Waals surface area contributed by atoms with Gasteiger partial charge in [-0.1, -0.05) is 23.7 Å². The zero-order valence-electron chi connectivity index (χ0n) is 15.4. The molecule has 0 aliphatic heterocycles. The molecule has 0 aliphatic carbocycles. The van der Waals surface area contributed by atoms with Gasteiger partial charge < -0.3 is 15.0 Å². The van der Waals surface area contributed by atoms with Crippen molar-refractivity contribution in [2.75, 3.05) is 23.9 Å². The van der Waals surface area contributed by atoms with E-state index in [1.54, 1.807) is 36.4 Å². The molecule has 1 N–H and O–H groups in total. The number of methoxy groups -OCH3 is 1. The number of halogens is 1. The first kappa shape index (κ1) is 20.5. The number of aryl methyl sites for hydroxylation is 1. The Morgan fingerprint density at radius 1 is 1.15 bits per heavy atom. The molecule has 2 aromatic rings. The van der Waals surface area contributed by atoms with Crippen LogP contribution < -0.4 is 10.2 Å². The molecule has 6 nitrogen and oxygen atoms in total. The lowest BCUT2D eigenvalue weighted by atomic mass is 10.1. The van der Waals surface area contributed by atoms with Gasteiger partial charge in [-0.05, 0) is 42.8 Å². The molecule has 0 atom stereocenters. The molecular formula is C20H21ClN2O4. The highest BCUT2D eigenvalue weighted by Crippen LogP contribution is 2.21. The summed E-state index contributed by atoms with van der Waals surface area (Å²) in [4.78, 5) is 37.3. The van der Waals surface area contributed by atoms with Gasteiger partial charge in [0.05, 0.1) is 12.7 Å². The van der Waals surface area contributed by atoms with Crippen LogP contribution in [0, 0.1) is 6.92 Å². The Bertz CT molecular complexity index is 867. The van der Waals surface area contributed by atoms with Crippen LogP contribution in [0.25, 0.3) is 0 Å². The molecule has 0 saturated carbocycles. The molecule has 0 aliphatic rings. The first-order valence-electron chi connectivity index (χ1n) is 8.34. The van der Waals surface area contributed by atoms with E-state index in [-0.39, 0.29) is 24.8 Å². The van der Waals surface area contributed by atoms with Gasteiger partial charge in [-0.15, -0.1) is 0 Å². The van der Waals surface area contributed by atoms with Crippen LogP contribution in [0.5, 0.6) is 0 Å². The Hall–Kier alpha value is -2.86. The van der Waals surface area contributed by atoms with Crippen LogP contribution in [0.4, 0.5) is 11.4 Å². The summed E-state index contributed by atoms with van der Waals surface area (Å²) in [6.07, 6.45) is 0.0908. The van der Waals surface area contributed by atoms with Crippen LogP contribution in [0.1, 0.15) is 29.3 Å². The number of benzene rings is 2. The maximum Gasteiger partial charge on any atom is 0.337 e. The molecule has 2 aromatic carbocycles. The van der Waals surface area contributed by atoms with Gasteiger partial charge in [0.25, 0.3) is 0 Å². The van der Waals surface area contributed by atoms with Crippen molar-refractivity contribution in [2.24, 2.45) is 0 Å². The second kappa shape index (κ2) is 9.19. The van der Waals surface area contributed by atoms with Gasteiger partial charge >= 0.3 is 5.97 Å². The van der Waals surface area contributed by atoms with Crippen molar-refractivity contribution < 1.29 is 19.1 Å². The summed E-state index contributed by atoms with van der Waals surface area (Å²) >= 11 is 6.06. The van der Waals surface area contributed by atoms with E-state index in [4.69, 9.17) is 16.3 Å². The number of anilines is 2. The van der Waals surface area contributed by atoms with Gasteiger partial charge in [-0.25, -0.2) is 4.79 Å². The number of nitrogens with zero attached hydrogens (tertiary/aromatic N) is 1. The molecular weight excluding hydrogens is 368 g/mol. The molecule has 0 spiro atoms. The number of carbonyl (C=O) groups excluding carboxylic acids is 3. The van der Waals surface area contributed by atoms with Crippen molar-refractivity contribution in [2.45, 2.75) is 20.3 Å². The molecule has 2 amide bonds. The fraction of sp³-hybridized carbons (Fsp3) is 0.250. The Morgan fingerprint density at radius 2 is 1.89 bits per heavy atom. The van der Waals surface area contributed by atoms with Crippen molar-refractivity contribution in [1.82, 2.24) is 0 Å². The highest BCUT2D eigenvalue weighted by Gasteiger charge is 2.16. The van der Waals surface area contributed by atoms with Crippen molar-refractivity contribution >= 4 is 40.8 Å². The third-order valence-corrected chi connectivity index (χ3v) is 4.38. The van der Waals surface area contributed by atoms with Crippen LogP contribution in [-0.2, 0) is 14.3 Å². The Morgan fingerprint density at radius 3 is 2.52 bits per heavy atom. The molecule has 7 heteroatoms. The largest absolute Gasteiger partial charge is 0.465 e. The summed E-state index contributed by atoms with van der Waals surface area (Å²) in [5, 5.41) is 3.33. The van der Waals surface area contributed by atoms with E-state index >= 15 is 0 Å². The smallest absolute Gasteiger partial charge is 0.337 e. The SMILES string of the molecule is COC(=O)c1cccc(N(CCC(=O)Nc2ccc(C)c(Cl)c2)C(C)=O)c1.